The highest BCUT2D eigenvalue weighted by molar-refractivity contribution is 7.88. The maximum absolute atomic E-state index is 11.1. The monoisotopic (exact) mass is 251 g/mol. The second-order valence-corrected chi connectivity index (χ2v) is 6.25. The molecule has 0 aliphatic carbocycles. The van der Waals surface area contributed by atoms with E-state index in [2.05, 4.69) is 13.8 Å². The fourth-order valence-corrected chi connectivity index (χ4v) is 2.52. The van der Waals surface area contributed by atoms with E-state index in [4.69, 9.17) is 4.74 Å². The number of piperidine rings is 1. The van der Waals surface area contributed by atoms with Crippen molar-refractivity contribution in [1.82, 2.24) is 4.31 Å². The first-order chi connectivity index (χ1) is 7.45. The van der Waals surface area contributed by atoms with Gasteiger partial charge in [-0.25, -0.2) is 12.7 Å². The number of sulfonamides is 1. The minimum Gasteiger partial charge on any atom is -0.384 e. The van der Waals surface area contributed by atoms with Crippen LogP contribution >= 0.6 is 0 Å². The predicted octanol–water partition coefficient (Wildman–Crippen LogP) is 1.72. The Morgan fingerprint density at radius 2 is 1.69 bits per heavy atom. The predicted molar refractivity (Wildman–Crippen MR) is 67.0 cm³/mol. The van der Waals surface area contributed by atoms with Gasteiger partial charge in [-0.1, -0.05) is 20.3 Å². The summed E-state index contributed by atoms with van der Waals surface area (Å²) in [7, 11) is -1.29. The van der Waals surface area contributed by atoms with Gasteiger partial charge in [0, 0.05) is 26.8 Å². The molecule has 0 spiro atoms. The molecule has 0 unspecified atom stereocenters. The number of ether oxygens (including phenoxy) is 1. The van der Waals surface area contributed by atoms with Crippen molar-refractivity contribution in [3.63, 3.8) is 0 Å². The number of hydrogen-bond acceptors (Lipinski definition) is 3. The summed E-state index contributed by atoms with van der Waals surface area (Å²) in [6, 6.07) is 0. The van der Waals surface area contributed by atoms with Crippen molar-refractivity contribution in [3.05, 3.63) is 0 Å². The van der Waals surface area contributed by atoms with Crippen molar-refractivity contribution in [3.8, 4) is 0 Å². The Morgan fingerprint density at radius 3 is 2.00 bits per heavy atom. The van der Waals surface area contributed by atoms with Gasteiger partial charge >= 0.3 is 0 Å². The number of methoxy groups -OCH3 is 1. The van der Waals surface area contributed by atoms with Gasteiger partial charge in [0.25, 0.3) is 0 Å². The van der Waals surface area contributed by atoms with Crippen LogP contribution in [0.4, 0.5) is 0 Å². The second kappa shape index (κ2) is 8.03. The Hall–Kier alpha value is -0.130. The van der Waals surface area contributed by atoms with Gasteiger partial charge in [0.15, 0.2) is 0 Å². The summed E-state index contributed by atoms with van der Waals surface area (Å²) in [5.74, 6) is 0.531. The SMILES string of the molecule is CCC.COCC1CCN(S(C)(=O)=O)CC1. The Kier molecular flexibility index (Phi) is 7.97. The molecular weight excluding hydrogens is 226 g/mol. The zero-order valence-electron chi connectivity index (χ0n) is 10.9. The fourth-order valence-electron chi connectivity index (χ4n) is 1.64. The van der Waals surface area contributed by atoms with Crippen molar-refractivity contribution >= 4 is 10.0 Å². The van der Waals surface area contributed by atoms with Gasteiger partial charge in [-0.2, -0.15) is 0 Å². The van der Waals surface area contributed by atoms with Crippen molar-refractivity contribution in [1.29, 1.82) is 0 Å². The van der Waals surface area contributed by atoms with Gasteiger partial charge in [-0.05, 0) is 18.8 Å². The molecule has 0 aromatic rings. The van der Waals surface area contributed by atoms with E-state index in [0.717, 1.165) is 19.4 Å². The average Bonchev–Trinajstić information content (AvgIpc) is 2.19. The molecule has 0 amide bonds. The van der Waals surface area contributed by atoms with E-state index in [1.165, 1.54) is 12.7 Å². The quantitative estimate of drug-likeness (QED) is 0.767. The normalized spacial score (nSPS) is 19.0. The van der Waals surface area contributed by atoms with Crippen LogP contribution in [0.15, 0.2) is 0 Å². The van der Waals surface area contributed by atoms with Gasteiger partial charge in [0.1, 0.15) is 0 Å². The van der Waals surface area contributed by atoms with Crippen LogP contribution in [0.25, 0.3) is 0 Å². The standard InChI is InChI=1S/C8H17NO3S.C3H8/c1-12-7-8-3-5-9(6-4-8)13(2,10)11;1-3-2/h8H,3-7H2,1-2H3;3H2,1-2H3. The second-order valence-electron chi connectivity index (χ2n) is 4.27. The molecule has 1 fully saturated rings. The number of nitrogens with zero attached hydrogens (tertiary/aromatic N) is 1. The van der Waals surface area contributed by atoms with Gasteiger partial charge in [-0.3, -0.25) is 0 Å². The molecule has 0 bridgehead atoms. The first-order valence-electron chi connectivity index (χ1n) is 5.89. The molecule has 1 rings (SSSR count). The van der Waals surface area contributed by atoms with E-state index < -0.39 is 10.0 Å². The molecule has 4 nitrogen and oxygen atoms in total. The van der Waals surface area contributed by atoms with Crippen LogP contribution in [0, 0.1) is 5.92 Å². The molecule has 0 aromatic heterocycles. The van der Waals surface area contributed by atoms with Crippen LogP contribution in [0.3, 0.4) is 0 Å². The molecule has 98 valence electrons. The average molecular weight is 251 g/mol. The summed E-state index contributed by atoms with van der Waals surface area (Å²) in [6.45, 7) is 6.29. The summed E-state index contributed by atoms with van der Waals surface area (Å²) in [4.78, 5) is 0. The van der Waals surface area contributed by atoms with E-state index in [9.17, 15) is 8.42 Å². The van der Waals surface area contributed by atoms with Crippen molar-refractivity contribution in [2.75, 3.05) is 33.1 Å². The van der Waals surface area contributed by atoms with E-state index in [-0.39, 0.29) is 0 Å². The molecule has 0 radical (unpaired) electrons. The zero-order valence-corrected chi connectivity index (χ0v) is 11.7. The van der Waals surface area contributed by atoms with Crippen LogP contribution in [-0.2, 0) is 14.8 Å². The molecule has 0 atom stereocenters. The van der Waals surface area contributed by atoms with Crippen LogP contribution in [-0.4, -0.2) is 45.8 Å². The van der Waals surface area contributed by atoms with Gasteiger partial charge in [-0.15, -0.1) is 0 Å². The summed E-state index contributed by atoms with van der Waals surface area (Å²) >= 11 is 0. The molecule has 1 heterocycles. The fraction of sp³-hybridized carbons (Fsp3) is 1.00. The molecule has 5 heteroatoms. The molecule has 0 N–H and O–H groups in total. The summed E-state index contributed by atoms with van der Waals surface area (Å²) < 4.78 is 28.9. The lowest BCUT2D eigenvalue weighted by atomic mass is 9.99. The third kappa shape index (κ3) is 6.45. The maximum Gasteiger partial charge on any atom is 0.211 e. The summed E-state index contributed by atoms with van der Waals surface area (Å²) in [5, 5.41) is 0. The molecule has 1 aliphatic rings. The lowest BCUT2D eigenvalue weighted by molar-refractivity contribution is 0.121. The molecule has 0 aromatic carbocycles. The Labute approximate surface area is 100 Å². The van der Waals surface area contributed by atoms with Crippen molar-refractivity contribution in [2.24, 2.45) is 5.92 Å². The van der Waals surface area contributed by atoms with Crippen LogP contribution in [0.1, 0.15) is 33.1 Å². The molecule has 1 saturated heterocycles. The third-order valence-corrected chi connectivity index (χ3v) is 3.75. The minimum absolute atomic E-state index is 0.531. The minimum atomic E-state index is -2.97. The van der Waals surface area contributed by atoms with E-state index >= 15 is 0 Å². The van der Waals surface area contributed by atoms with E-state index in [1.54, 1.807) is 11.4 Å². The van der Waals surface area contributed by atoms with E-state index in [1.807, 2.05) is 0 Å². The van der Waals surface area contributed by atoms with Crippen LogP contribution in [0.5, 0.6) is 0 Å². The molecule has 0 saturated carbocycles. The highest BCUT2D eigenvalue weighted by Gasteiger charge is 2.24. The zero-order chi connectivity index (χ0) is 12.6. The molecule has 1 aliphatic heterocycles. The lowest BCUT2D eigenvalue weighted by Gasteiger charge is -2.29. The van der Waals surface area contributed by atoms with Crippen LogP contribution in [0.2, 0.25) is 0 Å². The van der Waals surface area contributed by atoms with Gasteiger partial charge in [0.2, 0.25) is 10.0 Å². The maximum atomic E-state index is 11.1. The van der Waals surface area contributed by atoms with Gasteiger partial charge < -0.3 is 4.74 Å². The first-order valence-corrected chi connectivity index (χ1v) is 7.74. The Morgan fingerprint density at radius 1 is 1.25 bits per heavy atom. The largest absolute Gasteiger partial charge is 0.384 e. The summed E-state index contributed by atoms with van der Waals surface area (Å²) in [5.41, 5.74) is 0. The third-order valence-electron chi connectivity index (χ3n) is 2.44. The first kappa shape index (κ1) is 15.9. The topological polar surface area (TPSA) is 46.6 Å². The number of hydrogen-bond donors (Lipinski definition) is 0. The summed E-state index contributed by atoms with van der Waals surface area (Å²) in [6.07, 6.45) is 4.35. The highest BCUT2D eigenvalue weighted by Crippen LogP contribution is 2.18. The lowest BCUT2D eigenvalue weighted by Crippen LogP contribution is -2.38. The Balaban J connectivity index is 0.000000673. The highest BCUT2D eigenvalue weighted by atomic mass is 32.2. The number of rotatable bonds is 3. The molecular formula is C11H25NO3S. The van der Waals surface area contributed by atoms with Crippen molar-refractivity contribution < 1.29 is 13.2 Å². The van der Waals surface area contributed by atoms with Crippen molar-refractivity contribution in [2.45, 2.75) is 33.1 Å². The Bertz CT molecular complexity index is 256. The molecule has 16 heavy (non-hydrogen) atoms. The van der Waals surface area contributed by atoms with E-state index in [0.29, 0.717) is 19.0 Å². The van der Waals surface area contributed by atoms with Crippen LogP contribution < -0.4 is 0 Å². The smallest absolute Gasteiger partial charge is 0.211 e. The van der Waals surface area contributed by atoms with Gasteiger partial charge in [0.05, 0.1) is 6.26 Å².